The Balaban J connectivity index is 1.80. The molecule has 2 aromatic rings. The molecule has 6 nitrogen and oxygen atoms in total. The van der Waals surface area contributed by atoms with Crippen LogP contribution in [0.1, 0.15) is 30.2 Å². The van der Waals surface area contributed by atoms with Crippen molar-refractivity contribution in [1.29, 1.82) is 0 Å². The van der Waals surface area contributed by atoms with Crippen LogP contribution in [-0.2, 0) is 10.0 Å². The lowest BCUT2D eigenvalue weighted by atomic mass is 10.1. The molecule has 0 radical (unpaired) electrons. The summed E-state index contributed by atoms with van der Waals surface area (Å²) >= 11 is 0. The van der Waals surface area contributed by atoms with Gasteiger partial charge in [-0.25, -0.2) is 26.0 Å². The molecule has 1 saturated heterocycles. The lowest BCUT2D eigenvalue weighted by Gasteiger charge is -2.31. The van der Waals surface area contributed by atoms with Gasteiger partial charge in [0, 0.05) is 24.3 Å². The SMILES string of the molecule is O=S(=O)(c1cccc(C(O)Nc2ccc(F)c(C(F)F)c2)c1)N1CCC(O)C(F)C1. The molecule has 11 heteroatoms. The van der Waals surface area contributed by atoms with Crippen LogP contribution in [0.3, 0.4) is 0 Å². The van der Waals surface area contributed by atoms with Gasteiger partial charge in [-0.05, 0) is 36.8 Å². The van der Waals surface area contributed by atoms with Crippen molar-refractivity contribution in [3.63, 3.8) is 0 Å². The second-order valence-electron chi connectivity index (χ2n) is 6.89. The molecule has 2 aromatic carbocycles. The molecule has 1 fully saturated rings. The molecule has 30 heavy (non-hydrogen) atoms. The third-order valence-corrected chi connectivity index (χ3v) is 6.68. The Hall–Kier alpha value is -2.21. The van der Waals surface area contributed by atoms with Crippen molar-refractivity contribution >= 4 is 15.7 Å². The molecule has 3 atom stereocenters. The average Bonchev–Trinajstić information content (AvgIpc) is 2.71. The maximum Gasteiger partial charge on any atom is 0.266 e. The predicted octanol–water partition coefficient (Wildman–Crippen LogP) is 2.96. The Labute approximate surface area is 170 Å². The summed E-state index contributed by atoms with van der Waals surface area (Å²) in [6.07, 6.45) is -7.48. The third kappa shape index (κ3) is 4.75. The monoisotopic (exact) mass is 448 g/mol. The van der Waals surface area contributed by atoms with Crippen LogP contribution < -0.4 is 5.32 Å². The molecule has 3 unspecified atom stereocenters. The number of anilines is 1. The van der Waals surface area contributed by atoms with Gasteiger partial charge in [-0.2, -0.15) is 4.31 Å². The molecule has 0 amide bonds. The second-order valence-corrected chi connectivity index (χ2v) is 8.83. The number of sulfonamides is 1. The van der Waals surface area contributed by atoms with Crippen LogP contribution in [0.5, 0.6) is 0 Å². The van der Waals surface area contributed by atoms with Gasteiger partial charge in [0.1, 0.15) is 12.0 Å². The van der Waals surface area contributed by atoms with E-state index in [-0.39, 0.29) is 29.1 Å². The minimum absolute atomic E-state index is 0.0118. The van der Waals surface area contributed by atoms with Gasteiger partial charge in [-0.15, -0.1) is 0 Å². The number of aliphatic hydroxyl groups is 2. The number of nitrogens with one attached hydrogen (secondary N) is 1. The summed E-state index contributed by atoms with van der Waals surface area (Å²) in [6, 6.07) is 8.06. The van der Waals surface area contributed by atoms with Crippen molar-refractivity contribution in [2.24, 2.45) is 0 Å². The number of hydrogen-bond acceptors (Lipinski definition) is 5. The number of aliphatic hydroxyl groups excluding tert-OH is 2. The van der Waals surface area contributed by atoms with Gasteiger partial charge in [-0.1, -0.05) is 12.1 Å². The van der Waals surface area contributed by atoms with E-state index in [2.05, 4.69) is 5.32 Å². The van der Waals surface area contributed by atoms with Crippen LogP contribution >= 0.6 is 0 Å². The summed E-state index contributed by atoms with van der Waals surface area (Å²) in [5.41, 5.74) is -0.720. The van der Waals surface area contributed by atoms with Crippen LogP contribution in [0.25, 0.3) is 0 Å². The Morgan fingerprint density at radius 3 is 2.57 bits per heavy atom. The van der Waals surface area contributed by atoms with Gasteiger partial charge in [0.2, 0.25) is 10.0 Å². The fraction of sp³-hybridized carbons (Fsp3) is 0.368. The Morgan fingerprint density at radius 2 is 1.90 bits per heavy atom. The van der Waals surface area contributed by atoms with Gasteiger partial charge in [-0.3, -0.25) is 0 Å². The highest BCUT2D eigenvalue weighted by molar-refractivity contribution is 7.89. The fourth-order valence-corrected chi connectivity index (χ4v) is 4.64. The van der Waals surface area contributed by atoms with Crippen molar-refractivity contribution in [2.75, 3.05) is 18.4 Å². The Bertz CT molecular complexity index is 1010. The largest absolute Gasteiger partial charge is 0.390 e. The van der Waals surface area contributed by atoms with Gasteiger partial charge in [0.15, 0.2) is 6.23 Å². The van der Waals surface area contributed by atoms with Crippen molar-refractivity contribution in [3.8, 4) is 0 Å². The van der Waals surface area contributed by atoms with E-state index in [9.17, 15) is 36.2 Å². The number of alkyl halides is 3. The molecule has 1 heterocycles. The summed E-state index contributed by atoms with van der Waals surface area (Å²) in [5.74, 6) is -1.09. The number of halogens is 4. The fourth-order valence-electron chi connectivity index (χ4n) is 3.12. The minimum Gasteiger partial charge on any atom is -0.390 e. The lowest BCUT2D eigenvalue weighted by molar-refractivity contribution is 0.0303. The molecule has 3 rings (SSSR count). The molecule has 1 aliphatic heterocycles. The molecular formula is C19H20F4N2O4S. The van der Waals surface area contributed by atoms with Gasteiger partial charge in [0.25, 0.3) is 6.43 Å². The molecule has 0 bridgehead atoms. The predicted molar refractivity (Wildman–Crippen MR) is 101 cm³/mol. The maximum atomic E-state index is 13.8. The highest BCUT2D eigenvalue weighted by Crippen LogP contribution is 2.28. The normalized spacial score (nSPS) is 21.6. The molecular weight excluding hydrogens is 428 g/mol. The highest BCUT2D eigenvalue weighted by Gasteiger charge is 2.35. The first-order valence-electron chi connectivity index (χ1n) is 9.04. The maximum absolute atomic E-state index is 13.8. The Kier molecular flexibility index (Phi) is 6.65. The first-order valence-corrected chi connectivity index (χ1v) is 10.5. The Morgan fingerprint density at radius 1 is 1.17 bits per heavy atom. The first-order chi connectivity index (χ1) is 14.1. The zero-order valence-electron chi connectivity index (χ0n) is 15.6. The standard InChI is InChI=1S/C19H20F4N2O4S/c20-15-5-4-12(9-14(15)18(22)23)24-19(27)11-2-1-3-13(8-11)30(28,29)25-7-6-17(26)16(21)10-25/h1-5,8-9,16-19,24,26-27H,6-7,10H2. The van der Waals surface area contributed by atoms with Crippen molar-refractivity contribution in [3.05, 3.63) is 59.4 Å². The molecule has 0 aromatic heterocycles. The van der Waals surface area contributed by atoms with E-state index in [4.69, 9.17) is 0 Å². The van der Waals surface area contributed by atoms with Gasteiger partial charge >= 0.3 is 0 Å². The topological polar surface area (TPSA) is 89.9 Å². The van der Waals surface area contributed by atoms with Crippen molar-refractivity contribution in [1.82, 2.24) is 4.31 Å². The molecule has 0 aliphatic carbocycles. The zero-order chi connectivity index (χ0) is 22.1. The third-order valence-electron chi connectivity index (χ3n) is 4.82. The van der Waals surface area contributed by atoms with E-state index >= 15 is 0 Å². The summed E-state index contributed by atoms with van der Waals surface area (Å²) in [6.45, 7) is -0.540. The van der Waals surface area contributed by atoms with E-state index in [0.29, 0.717) is 0 Å². The van der Waals surface area contributed by atoms with E-state index in [1.54, 1.807) is 0 Å². The van der Waals surface area contributed by atoms with E-state index in [1.165, 1.54) is 24.3 Å². The number of rotatable bonds is 6. The van der Waals surface area contributed by atoms with Crippen molar-refractivity contribution in [2.45, 2.75) is 36.2 Å². The van der Waals surface area contributed by atoms with Crippen LogP contribution in [0.15, 0.2) is 47.4 Å². The lowest BCUT2D eigenvalue weighted by Crippen LogP contribution is -2.47. The van der Waals surface area contributed by atoms with Crippen molar-refractivity contribution < 1.29 is 36.2 Å². The molecule has 3 N–H and O–H groups in total. The van der Waals surface area contributed by atoms with E-state index in [1.807, 2.05) is 0 Å². The van der Waals surface area contributed by atoms with Gasteiger partial charge < -0.3 is 15.5 Å². The highest BCUT2D eigenvalue weighted by atomic mass is 32.2. The number of piperidine rings is 1. The minimum atomic E-state index is -4.08. The first kappa shape index (κ1) is 22.5. The van der Waals surface area contributed by atoms with Crippen LogP contribution in [-0.4, -0.2) is 48.3 Å². The molecule has 0 spiro atoms. The number of hydrogen-bond donors (Lipinski definition) is 3. The number of nitrogens with zero attached hydrogens (tertiary/aromatic N) is 1. The summed E-state index contributed by atoms with van der Waals surface area (Å²) in [5, 5.41) is 22.3. The summed E-state index contributed by atoms with van der Waals surface area (Å²) in [7, 11) is -4.08. The second kappa shape index (κ2) is 8.88. The summed E-state index contributed by atoms with van der Waals surface area (Å²) < 4.78 is 79.3. The summed E-state index contributed by atoms with van der Waals surface area (Å²) in [4.78, 5) is -0.197. The van der Waals surface area contributed by atoms with E-state index < -0.39 is 52.9 Å². The zero-order valence-corrected chi connectivity index (χ0v) is 16.4. The molecule has 164 valence electrons. The molecule has 1 aliphatic rings. The molecule has 0 saturated carbocycles. The van der Waals surface area contributed by atoms with Crippen LogP contribution in [0.2, 0.25) is 0 Å². The smallest absolute Gasteiger partial charge is 0.266 e. The van der Waals surface area contributed by atoms with Crippen LogP contribution in [0.4, 0.5) is 23.2 Å². The quantitative estimate of drug-likeness (QED) is 0.467. The number of benzene rings is 2. The van der Waals surface area contributed by atoms with Gasteiger partial charge in [0.05, 0.1) is 16.6 Å². The van der Waals surface area contributed by atoms with Crippen LogP contribution in [0, 0.1) is 5.82 Å². The van der Waals surface area contributed by atoms with E-state index in [0.717, 1.165) is 22.5 Å². The average molecular weight is 448 g/mol.